The summed E-state index contributed by atoms with van der Waals surface area (Å²) in [5.41, 5.74) is 3.14. The van der Waals surface area contributed by atoms with Crippen LogP contribution in [0.5, 0.6) is 0 Å². The van der Waals surface area contributed by atoms with Crippen molar-refractivity contribution in [2.24, 2.45) is 0 Å². The molecule has 0 saturated carbocycles. The first-order valence-corrected chi connectivity index (χ1v) is 9.24. The van der Waals surface area contributed by atoms with Gasteiger partial charge in [0.1, 0.15) is 11.6 Å². The van der Waals surface area contributed by atoms with E-state index < -0.39 is 0 Å². The van der Waals surface area contributed by atoms with Crippen molar-refractivity contribution < 1.29 is 9.18 Å². The van der Waals surface area contributed by atoms with Crippen molar-refractivity contribution in [3.63, 3.8) is 0 Å². The second-order valence-electron chi connectivity index (χ2n) is 6.35. The Morgan fingerprint density at radius 1 is 1.04 bits per heavy atom. The molecule has 0 aliphatic rings. The molecule has 0 saturated heterocycles. The molecule has 140 valence electrons. The van der Waals surface area contributed by atoms with E-state index in [0.29, 0.717) is 23.7 Å². The summed E-state index contributed by atoms with van der Waals surface area (Å²) in [6, 6.07) is 20.9. The lowest BCUT2D eigenvalue weighted by atomic mass is 10.2. The standard InChI is InChI=1S/C22H17ClFN3O/c23-17-5-3-4-16(14-17)22(28)25-12-13-27-20-7-2-1-6-19(20)26-21(27)15-8-10-18(24)11-9-15/h1-11,14H,12-13H2,(H,25,28). The molecule has 0 unspecified atom stereocenters. The van der Waals surface area contributed by atoms with E-state index in [-0.39, 0.29) is 11.7 Å². The molecule has 0 aliphatic carbocycles. The van der Waals surface area contributed by atoms with E-state index in [4.69, 9.17) is 16.6 Å². The van der Waals surface area contributed by atoms with Gasteiger partial charge in [0, 0.05) is 29.2 Å². The first-order chi connectivity index (χ1) is 13.6. The van der Waals surface area contributed by atoms with E-state index in [9.17, 15) is 9.18 Å². The van der Waals surface area contributed by atoms with Crippen LogP contribution >= 0.6 is 11.6 Å². The van der Waals surface area contributed by atoms with Crippen LogP contribution < -0.4 is 5.32 Å². The molecule has 1 amide bonds. The number of benzene rings is 3. The number of hydrogen-bond acceptors (Lipinski definition) is 2. The van der Waals surface area contributed by atoms with E-state index in [1.54, 1.807) is 36.4 Å². The second-order valence-corrected chi connectivity index (χ2v) is 6.79. The smallest absolute Gasteiger partial charge is 0.251 e. The number of imidazole rings is 1. The van der Waals surface area contributed by atoms with Crippen molar-refractivity contribution in [2.75, 3.05) is 6.54 Å². The highest BCUT2D eigenvalue weighted by atomic mass is 35.5. The van der Waals surface area contributed by atoms with Gasteiger partial charge in [0.2, 0.25) is 0 Å². The lowest BCUT2D eigenvalue weighted by Gasteiger charge is -2.11. The van der Waals surface area contributed by atoms with Gasteiger partial charge in [-0.15, -0.1) is 0 Å². The lowest BCUT2D eigenvalue weighted by Crippen LogP contribution is -2.27. The van der Waals surface area contributed by atoms with Gasteiger partial charge in [0.25, 0.3) is 5.91 Å². The van der Waals surface area contributed by atoms with Crippen LogP contribution in [0, 0.1) is 5.82 Å². The normalized spacial score (nSPS) is 10.9. The van der Waals surface area contributed by atoms with Crippen LogP contribution in [0.3, 0.4) is 0 Å². The van der Waals surface area contributed by atoms with Gasteiger partial charge < -0.3 is 9.88 Å². The summed E-state index contributed by atoms with van der Waals surface area (Å²) in [5, 5.41) is 3.43. The highest BCUT2D eigenvalue weighted by Crippen LogP contribution is 2.24. The molecule has 28 heavy (non-hydrogen) atoms. The predicted octanol–water partition coefficient (Wildman–Crippen LogP) is 4.93. The third-order valence-corrected chi connectivity index (χ3v) is 4.70. The molecule has 3 aromatic carbocycles. The average molecular weight is 394 g/mol. The predicted molar refractivity (Wildman–Crippen MR) is 109 cm³/mol. The molecule has 6 heteroatoms. The molecule has 0 spiro atoms. The molecular formula is C22H17ClFN3O. The first-order valence-electron chi connectivity index (χ1n) is 8.87. The fraction of sp³-hybridized carbons (Fsp3) is 0.0909. The maximum atomic E-state index is 13.3. The van der Waals surface area contributed by atoms with Crippen molar-refractivity contribution in [1.82, 2.24) is 14.9 Å². The Labute approximate surface area is 166 Å². The van der Waals surface area contributed by atoms with E-state index in [1.807, 2.05) is 28.8 Å². The van der Waals surface area contributed by atoms with Crippen LogP contribution in [0.25, 0.3) is 22.4 Å². The first kappa shape index (κ1) is 18.2. The Morgan fingerprint density at radius 2 is 1.82 bits per heavy atom. The van der Waals surface area contributed by atoms with Gasteiger partial charge in [-0.1, -0.05) is 29.8 Å². The molecule has 0 aliphatic heterocycles. The molecule has 1 heterocycles. The summed E-state index contributed by atoms with van der Waals surface area (Å²) in [7, 11) is 0. The highest BCUT2D eigenvalue weighted by molar-refractivity contribution is 6.30. The number of nitrogens with one attached hydrogen (secondary N) is 1. The molecule has 4 nitrogen and oxygen atoms in total. The molecular weight excluding hydrogens is 377 g/mol. The molecule has 0 radical (unpaired) electrons. The van der Waals surface area contributed by atoms with Crippen LogP contribution in [-0.2, 0) is 6.54 Å². The van der Waals surface area contributed by atoms with Crippen molar-refractivity contribution in [3.05, 3.63) is 89.2 Å². The number of nitrogens with zero attached hydrogens (tertiary/aromatic N) is 2. The molecule has 1 N–H and O–H groups in total. The zero-order valence-electron chi connectivity index (χ0n) is 14.9. The molecule has 1 aromatic heterocycles. The van der Waals surface area contributed by atoms with Gasteiger partial charge in [0.05, 0.1) is 11.0 Å². The number of aromatic nitrogens is 2. The van der Waals surface area contributed by atoms with Crippen LogP contribution in [-0.4, -0.2) is 22.0 Å². The topological polar surface area (TPSA) is 46.9 Å². The summed E-state index contributed by atoms with van der Waals surface area (Å²) in [6.45, 7) is 0.944. The van der Waals surface area contributed by atoms with E-state index in [1.165, 1.54) is 12.1 Å². The maximum absolute atomic E-state index is 13.3. The Balaban J connectivity index is 1.58. The number of para-hydroxylation sites is 2. The summed E-state index contributed by atoms with van der Waals surface area (Å²) >= 11 is 5.95. The van der Waals surface area contributed by atoms with Crippen LogP contribution in [0.15, 0.2) is 72.8 Å². The quantitative estimate of drug-likeness (QED) is 0.522. The summed E-state index contributed by atoms with van der Waals surface area (Å²) in [4.78, 5) is 17.0. The lowest BCUT2D eigenvalue weighted by molar-refractivity contribution is 0.0952. The number of halogens is 2. The zero-order valence-corrected chi connectivity index (χ0v) is 15.7. The number of rotatable bonds is 5. The Kier molecular flexibility index (Phi) is 5.08. The molecule has 4 rings (SSSR count). The zero-order chi connectivity index (χ0) is 19.5. The number of carbonyl (C=O) groups is 1. The number of hydrogen-bond donors (Lipinski definition) is 1. The Hall–Kier alpha value is -3.18. The SMILES string of the molecule is O=C(NCCn1c(-c2ccc(F)cc2)nc2ccccc21)c1cccc(Cl)c1. The third-order valence-electron chi connectivity index (χ3n) is 4.46. The number of carbonyl (C=O) groups excluding carboxylic acids is 1. The Morgan fingerprint density at radius 3 is 2.61 bits per heavy atom. The fourth-order valence-electron chi connectivity index (χ4n) is 3.13. The second kappa shape index (κ2) is 7.82. The van der Waals surface area contributed by atoms with E-state index in [2.05, 4.69) is 5.32 Å². The van der Waals surface area contributed by atoms with E-state index in [0.717, 1.165) is 22.4 Å². The summed E-state index contributed by atoms with van der Waals surface area (Å²) in [5.74, 6) is 0.258. The minimum Gasteiger partial charge on any atom is -0.350 e. The minimum atomic E-state index is -0.291. The van der Waals surface area contributed by atoms with Crippen molar-refractivity contribution >= 4 is 28.5 Å². The summed E-state index contributed by atoms with van der Waals surface area (Å²) in [6.07, 6.45) is 0. The average Bonchev–Trinajstić information content (AvgIpc) is 3.07. The van der Waals surface area contributed by atoms with Gasteiger partial charge in [-0.3, -0.25) is 4.79 Å². The van der Waals surface area contributed by atoms with Crippen LogP contribution in [0.2, 0.25) is 5.02 Å². The van der Waals surface area contributed by atoms with Gasteiger partial charge in [-0.05, 0) is 54.6 Å². The fourth-order valence-corrected chi connectivity index (χ4v) is 3.32. The Bertz CT molecular complexity index is 1140. The highest BCUT2D eigenvalue weighted by Gasteiger charge is 2.13. The van der Waals surface area contributed by atoms with Crippen LogP contribution in [0.4, 0.5) is 4.39 Å². The van der Waals surface area contributed by atoms with Gasteiger partial charge in [-0.25, -0.2) is 9.37 Å². The van der Waals surface area contributed by atoms with Crippen molar-refractivity contribution in [2.45, 2.75) is 6.54 Å². The maximum Gasteiger partial charge on any atom is 0.251 e. The number of amides is 1. The molecule has 4 aromatic rings. The van der Waals surface area contributed by atoms with Gasteiger partial charge in [-0.2, -0.15) is 0 Å². The van der Waals surface area contributed by atoms with Gasteiger partial charge >= 0.3 is 0 Å². The minimum absolute atomic E-state index is 0.185. The largest absolute Gasteiger partial charge is 0.350 e. The molecule has 0 bridgehead atoms. The number of fused-ring (bicyclic) bond motifs is 1. The summed E-state index contributed by atoms with van der Waals surface area (Å²) < 4.78 is 15.3. The van der Waals surface area contributed by atoms with Crippen molar-refractivity contribution in [3.8, 4) is 11.4 Å². The van der Waals surface area contributed by atoms with E-state index >= 15 is 0 Å². The molecule has 0 fully saturated rings. The molecule has 0 atom stereocenters. The van der Waals surface area contributed by atoms with Crippen molar-refractivity contribution in [1.29, 1.82) is 0 Å². The van der Waals surface area contributed by atoms with Gasteiger partial charge in [0.15, 0.2) is 0 Å². The third kappa shape index (κ3) is 3.75. The van der Waals surface area contributed by atoms with Crippen LogP contribution in [0.1, 0.15) is 10.4 Å². The monoisotopic (exact) mass is 393 g/mol.